The first kappa shape index (κ1) is 22.0. The molecular formula is C28H28N4O2. The third-order valence-corrected chi connectivity index (χ3v) is 6.63. The number of hydrogen-bond donors (Lipinski definition) is 1. The number of hydrogen-bond acceptors (Lipinski definition) is 5. The molecule has 1 N–H and O–H groups in total. The van der Waals surface area contributed by atoms with Gasteiger partial charge in [0, 0.05) is 32.8 Å². The van der Waals surface area contributed by atoms with E-state index in [4.69, 9.17) is 0 Å². The molecule has 0 aliphatic carbocycles. The molecule has 1 aliphatic rings. The molecule has 1 aliphatic heterocycles. The van der Waals surface area contributed by atoms with Gasteiger partial charge in [-0.05, 0) is 41.7 Å². The topological polar surface area (TPSA) is 71.2 Å². The molecule has 0 bridgehead atoms. The summed E-state index contributed by atoms with van der Waals surface area (Å²) in [5, 5.41) is 15.5. The van der Waals surface area contributed by atoms with Gasteiger partial charge in [0.2, 0.25) is 0 Å². The number of aromatic nitrogens is 3. The highest BCUT2D eigenvalue weighted by atomic mass is 16.3. The lowest BCUT2D eigenvalue weighted by molar-refractivity contribution is 0.0116. The fraction of sp³-hybridized carbons (Fsp3) is 0.250. The Hall–Kier alpha value is -3.77. The maximum Gasteiger partial charge on any atom is 0.187 e. The summed E-state index contributed by atoms with van der Waals surface area (Å²) in [5.41, 5.74) is 3.45. The van der Waals surface area contributed by atoms with Crippen LogP contribution in [0.3, 0.4) is 0 Å². The molecule has 34 heavy (non-hydrogen) atoms. The van der Waals surface area contributed by atoms with Crippen LogP contribution in [0.2, 0.25) is 0 Å². The van der Waals surface area contributed by atoms with Crippen molar-refractivity contribution in [2.45, 2.75) is 24.9 Å². The number of aryl methyl sites for hydroxylation is 1. The van der Waals surface area contributed by atoms with Gasteiger partial charge in [-0.15, -0.1) is 0 Å². The molecule has 0 unspecified atom stereocenters. The summed E-state index contributed by atoms with van der Waals surface area (Å²) in [4.78, 5) is 19.7. The summed E-state index contributed by atoms with van der Waals surface area (Å²) in [5.74, 6) is 0.841. The Kier molecular flexibility index (Phi) is 5.99. The normalized spacial score (nSPS) is 15.3. The zero-order valence-electron chi connectivity index (χ0n) is 19.3. The summed E-state index contributed by atoms with van der Waals surface area (Å²) >= 11 is 0. The van der Waals surface area contributed by atoms with Crippen molar-refractivity contribution in [3.8, 4) is 11.3 Å². The molecule has 0 radical (unpaired) electrons. The summed E-state index contributed by atoms with van der Waals surface area (Å²) in [6.45, 7) is 1.46. The summed E-state index contributed by atoms with van der Waals surface area (Å²) in [7, 11) is 1.85. The van der Waals surface area contributed by atoms with Crippen molar-refractivity contribution in [1.82, 2.24) is 14.8 Å². The van der Waals surface area contributed by atoms with Gasteiger partial charge in [-0.3, -0.25) is 9.48 Å². The van der Waals surface area contributed by atoms with Crippen LogP contribution in [-0.4, -0.2) is 38.7 Å². The first-order chi connectivity index (χ1) is 16.5. The first-order valence-corrected chi connectivity index (χ1v) is 11.6. The number of ketones is 1. The number of aliphatic hydroxyl groups is 1. The molecule has 0 amide bonds. The average molecular weight is 453 g/mol. The summed E-state index contributed by atoms with van der Waals surface area (Å²) in [6.07, 6.45) is 3.34. The second-order valence-electron chi connectivity index (χ2n) is 8.91. The van der Waals surface area contributed by atoms with Crippen molar-refractivity contribution >= 4 is 11.6 Å². The lowest BCUT2D eigenvalue weighted by Gasteiger charge is -2.39. The van der Waals surface area contributed by atoms with Gasteiger partial charge < -0.3 is 10.0 Å². The number of piperidine rings is 1. The number of carbonyl (C=O) groups is 1. The van der Waals surface area contributed by atoms with Gasteiger partial charge in [0.15, 0.2) is 5.78 Å². The van der Waals surface area contributed by atoms with Crippen molar-refractivity contribution < 1.29 is 9.90 Å². The van der Waals surface area contributed by atoms with E-state index in [9.17, 15) is 9.90 Å². The molecule has 4 aromatic rings. The first-order valence-electron chi connectivity index (χ1n) is 11.6. The van der Waals surface area contributed by atoms with E-state index in [2.05, 4.69) is 15.0 Å². The van der Waals surface area contributed by atoms with E-state index < -0.39 is 5.60 Å². The fourth-order valence-electron chi connectivity index (χ4n) is 4.61. The van der Waals surface area contributed by atoms with Gasteiger partial charge in [-0.2, -0.15) is 5.10 Å². The quantitative estimate of drug-likeness (QED) is 0.439. The average Bonchev–Trinajstić information content (AvgIpc) is 3.28. The van der Waals surface area contributed by atoms with E-state index in [0.29, 0.717) is 18.5 Å². The minimum absolute atomic E-state index is 0.0294. The van der Waals surface area contributed by atoms with E-state index in [1.54, 1.807) is 10.9 Å². The summed E-state index contributed by atoms with van der Waals surface area (Å²) in [6, 6.07) is 25.6. The van der Waals surface area contributed by atoms with Crippen LogP contribution in [0.15, 0.2) is 85.1 Å². The van der Waals surface area contributed by atoms with E-state index >= 15 is 0 Å². The Morgan fingerprint density at radius 3 is 2.29 bits per heavy atom. The molecule has 3 heterocycles. The van der Waals surface area contributed by atoms with E-state index in [1.165, 1.54) is 0 Å². The number of carbonyl (C=O) groups excluding carboxylic acids is 1. The Morgan fingerprint density at radius 2 is 1.65 bits per heavy atom. The van der Waals surface area contributed by atoms with Gasteiger partial charge >= 0.3 is 0 Å². The largest absolute Gasteiger partial charge is 0.385 e. The van der Waals surface area contributed by atoms with Crippen LogP contribution in [0.5, 0.6) is 0 Å². The number of anilines is 1. The predicted octanol–water partition coefficient (Wildman–Crippen LogP) is 4.40. The molecule has 2 aromatic carbocycles. The highest BCUT2D eigenvalue weighted by molar-refractivity contribution is 5.96. The SMILES string of the molecule is Cn1nc(C(=O)Cc2ccc(N3CCC(O)(c4ccccc4)CC3)nc2)cc1-c1ccccc1. The van der Waals surface area contributed by atoms with Crippen LogP contribution in [0, 0.1) is 0 Å². The molecule has 6 nitrogen and oxygen atoms in total. The molecule has 0 saturated carbocycles. The second-order valence-corrected chi connectivity index (χ2v) is 8.91. The van der Waals surface area contributed by atoms with E-state index in [0.717, 1.165) is 41.3 Å². The number of benzene rings is 2. The predicted molar refractivity (Wildman–Crippen MR) is 133 cm³/mol. The van der Waals surface area contributed by atoms with E-state index in [-0.39, 0.29) is 12.2 Å². The number of Topliss-reactive ketones (excluding diaryl/α,β-unsaturated/α-hetero) is 1. The molecule has 5 rings (SSSR count). The van der Waals surface area contributed by atoms with E-state index in [1.807, 2.05) is 85.9 Å². The lowest BCUT2D eigenvalue weighted by atomic mass is 9.84. The fourth-order valence-corrected chi connectivity index (χ4v) is 4.61. The second kappa shape index (κ2) is 9.23. The smallest absolute Gasteiger partial charge is 0.187 e. The van der Waals surface area contributed by atoms with Gasteiger partial charge in [0.1, 0.15) is 11.5 Å². The Bertz CT molecular complexity index is 1260. The standard InChI is InChI=1S/C28H28N4O2/c1-31-25(22-8-4-2-5-9-22)19-24(30-31)26(33)18-21-12-13-27(29-20-21)32-16-14-28(34,15-17-32)23-10-6-3-7-11-23/h2-13,19-20,34H,14-18H2,1H3. The Balaban J connectivity index is 1.22. The van der Waals surface area contributed by atoms with Crippen molar-refractivity contribution in [1.29, 1.82) is 0 Å². The molecule has 172 valence electrons. The van der Waals surface area contributed by atoms with Gasteiger partial charge in [-0.1, -0.05) is 66.7 Å². The van der Waals surface area contributed by atoms with Crippen molar-refractivity contribution in [3.63, 3.8) is 0 Å². The third kappa shape index (κ3) is 4.50. The highest BCUT2D eigenvalue weighted by Crippen LogP contribution is 2.34. The molecule has 1 saturated heterocycles. The Labute approximate surface area is 199 Å². The monoisotopic (exact) mass is 452 g/mol. The molecule has 0 atom stereocenters. The molecular weight excluding hydrogens is 424 g/mol. The van der Waals surface area contributed by atoms with Crippen molar-refractivity contribution in [2.24, 2.45) is 7.05 Å². The number of pyridine rings is 1. The Morgan fingerprint density at radius 1 is 0.971 bits per heavy atom. The molecule has 2 aromatic heterocycles. The molecule has 6 heteroatoms. The van der Waals surface area contributed by atoms with Crippen LogP contribution in [0.4, 0.5) is 5.82 Å². The van der Waals surface area contributed by atoms with Gasteiger partial charge in [0.05, 0.1) is 11.3 Å². The highest BCUT2D eigenvalue weighted by Gasteiger charge is 2.34. The number of rotatable bonds is 6. The van der Waals surface area contributed by atoms with Crippen LogP contribution in [0.1, 0.15) is 34.5 Å². The third-order valence-electron chi connectivity index (χ3n) is 6.63. The maximum absolute atomic E-state index is 12.9. The van der Waals surface area contributed by atoms with Crippen molar-refractivity contribution in [2.75, 3.05) is 18.0 Å². The van der Waals surface area contributed by atoms with Crippen LogP contribution in [0.25, 0.3) is 11.3 Å². The number of nitrogens with zero attached hydrogens (tertiary/aromatic N) is 4. The van der Waals surface area contributed by atoms with Crippen LogP contribution < -0.4 is 4.90 Å². The van der Waals surface area contributed by atoms with Gasteiger partial charge in [-0.25, -0.2) is 4.98 Å². The minimum atomic E-state index is -0.786. The van der Waals surface area contributed by atoms with Crippen molar-refractivity contribution in [3.05, 3.63) is 102 Å². The minimum Gasteiger partial charge on any atom is -0.385 e. The maximum atomic E-state index is 12.9. The zero-order chi connectivity index (χ0) is 23.5. The molecule has 1 fully saturated rings. The van der Waals surface area contributed by atoms with Gasteiger partial charge in [0.25, 0.3) is 0 Å². The molecule has 0 spiro atoms. The zero-order valence-corrected chi connectivity index (χ0v) is 19.3. The lowest BCUT2D eigenvalue weighted by Crippen LogP contribution is -2.42. The van der Waals surface area contributed by atoms with Crippen LogP contribution >= 0.6 is 0 Å². The summed E-state index contributed by atoms with van der Waals surface area (Å²) < 4.78 is 1.75. The van der Waals surface area contributed by atoms with Crippen LogP contribution in [-0.2, 0) is 19.1 Å².